The third kappa shape index (κ3) is 5.33. The monoisotopic (exact) mass is 399 g/mol. The highest BCUT2D eigenvalue weighted by Crippen LogP contribution is 2.21. The smallest absolute Gasteiger partial charge is 0.251 e. The van der Waals surface area contributed by atoms with Gasteiger partial charge in [0, 0.05) is 35.8 Å². The standard InChI is InChI=1S/C21H22ClN3O3/c22-17-7-3-15(4-8-17)11-12-23-19(26)14-24-21(28)16-5-9-18(10-6-16)25-13-1-2-20(25)27/h3-10H,1-2,11-14H2,(H,23,26)(H,24,28). The molecule has 1 heterocycles. The number of nitrogens with zero attached hydrogens (tertiary/aromatic N) is 1. The van der Waals surface area contributed by atoms with E-state index in [1.807, 2.05) is 24.3 Å². The lowest BCUT2D eigenvalue weighted by atomic mass is 10.1. The predicted molar refractivity (Wildman–Crippen MR) is 109 cm³/mol. The van der Waals surface area contributed by atoms with Crippen molar-refractivity contribution in [3.8, 4) is 0 Å². The molecule has 1 fully saturated rings. The average molecular weight is 400 g/mol. The highest BCUT2D eigenvalue weighted by Gasteiger charge is 2.21. The van der Waals surface area contributed by atoms with Gasteiger partial charge in [0.2, 0.25) is 11.8 Å². The molecule has 0 unspecified atom stereocenters. The number of carbonyl (C=O) groups is 3. The molecular weight excluding hydrogens is 378 g/mol. The number of anilines is 1. The molecule has 3 rings (SSSR count). The second-order valence-corrected chi connectivity index (χ2v) is 7.04. The fourth-order valence-electron chi connectivity index (χ4n) is 3.04. The van der Waals surface area contributed by atoms with Crippen LogP contribution in [-0.2, 0) is 16.0 Å². The second kappa shape index (κ2) is 9.37. The zero-order valence-electron chi connectivity index (χ0n) is 15.4. The number of hydrogen-bond acceptors (Lipinski definition) is 3. The molecule has 2 aromatic carbocycles. The van der Waals surface area contributed by atoms with Crippen LogP contribution in [0.3, 0.4) is 0 Å². The van der Waals surface area contributed by atoms with Crippen LogP contribution in [0.2, 0.25) is 5.02 Å². The first-order valence-corrected chi connectivity index (χ1v) is 9.60. The Morgan fingerprint density at radius 2 is 1.71 bits per heavy atom. The molecule has 1 saturated heterocycles. The zero-order valence-corrected chi connectivity index (χ0v) is 16.2. The van der Waals surface area contributed by atoms with Crippen molar-refractivity contribution in [3.63, 3.8) is 0 Å². The summed E-state index contributed by atoms with van der Waals surface area (Å²) < 4.78 is 0. The van der Waals surface area contributed by atoms with Crippen LogP contribution < -0.4 is 15.5 Å². The number of amides is 3. The molecule has 2 N–H and O–H groups in total. The minimum Gasteiger partial charge on any atom is -0.354 e. The van der Waals surface area contributed by atoms with Crippen molar-refractivity contribution >= 4 is 35.0 Å². The number of hydrogen-bond donors (Lipinski definition) is 2. The van der Waals surface area contributed by atoms with E-state index in [-0.39, 0.29) is 24.3 Å². The molecule has 0 atom stereocenters. The van der Waals surface area contributed by atoms with Gasteiger partial charge in [0.25, 0.3) is 5.91 Å². The molecule has 0 aliphatic carbocycles. The summed E-state index contributed by atoms with van der Waals surface area (Å²) in [4.78, 5) is 37.6. The van der Waals surface area contributed by atoms with Gasteiger partial charge in [-0.2, -0.15) is 0 Å². The van der Waals surface area contributed by atoms with E-state index < -0.39 is 0 Å². The largest absolute Gasteiger partial charge is 0.354 e. The van der Waals surface area contributed by atoms with Gasteiger partial charge in [-0.25, -0.2) is 0 Å². The van der Waals surface area contributed by atoms with Crippen molar-refractivity contribution in [1.82, 2.24) is 10.6 Å². The van der Waals surface area contributed by atoms with Gasteiger partial charge in [0.05, 0.1) is 6.54 Å². The Labute approximate surface area is 168 Å². The van der Waals surface area contributed by atoms with Crippen molar-refractivity contribution in [3.05, 3.63) is 64.7 Å². The van der Waals surface area contributed by atoms with E-state index >= 15 is 0 Å². The molecule has 7 heteroatoms. The van der Waals surface area contributed by atoms with Crippen LogP contribution in [-0.4, -0.2) is 37.4 Å². The second-order valence-electron chi connectivity index (χ2n) is 6.60. The molecule has 0 saturated carbocycles. The van der Waals surface area contributed by atoms with Crippen molar-refractivity contribution in [2.75, 3.05) is 24.5 Å². The Morgan fingerprint density at radius 3 is 2.36 bits per heavy atom. The highest BCUT2D eigenvalue weighted by molar-refractivity contribution is 6.30. The summed E-state index contributed by atoms with van der Waals surface area (Å²) in [7, 11) is 0. The third-order valence-corrected chi connectivity index (χ3v) is 4.83. The molecule has 146 valence electrons. The van der Waals surface area contributed by atoms with Crippen LogP contribution in [0.15, 0.2) is 48.5 Å². The van der Waals surface area contributed by atoms with Gasteiger partial charge in [0.15, 0.2) is 0 Å². The molecule has 6 nitrogen and oxygen atoms in total. The fraction of sp³-hybridized carbons (Fsp3) is 0.286. The van der Waals surface area contributed by atoms with Gasteiger partial charge in [-0.05, 0) is 54.8 Å². The lowest BCUT2D eigenvalue weighted by Gasteiger charge is -2.15. The Hall–Kier alpha value is -2.86. The fourth-order valence-corrected chi connectivity index (χ4v) is 3.16. The predicted octanol–water partition coefficient (Wildman–Crippen LogP) is 2.56. The number of benzene rings is 2. The Kier molecular flexibility index (Phi) is 6.66. The minimum atomic E-state index is -0.327. The summed E-state index contributed by atoms with van der Waals surface area (Å²) >= 11 is 5.84. The van der Waals surface area contributed by atoms with E-state index in [0.717, 1.165) is 17.7 Å². The van der Waals surface area contributed by atoms with Crippen LogP contribution in [0.4, 0.5) is 5.69 Å². The van der Waals surface area contributed by atoms with E-state index in [0.29, 0.717) is 36.5 Å². The van der Waals surface area contributed by atoms with Crippen LogP contribution in [0.25, 0.3) is 0 Å². The van der Waals surface area contributed by atoms with Gasteiger partial charge in [0.1, 0.15) is 0 Å². The first-order chi connectivity index (χ1) is 13.5. The first kappa shape index (κ1) is 19.9. The molecule has 2 aromatic rings. The number of halogens is 1. The maximum absolute atomic E-state index is 12.2. The Balaban J connectivity index is 1.41. The molecule has 0 aromatic heterocycles. The van der Waals surface area contributed by atoms with E-state index in [1.165, 1.54) is 0 Å². The molecular formula is C21H22ClN3O3. The van der Waals surface area contributed by atoms with Crippen LogP contribution in [0.1, 0.15) is 28.8 Å². The first-order valence-electron chi connectivity index (χ1n) is 9.23. The SMILES string of the molecule is O=C(CNC(=O)c1ccc(N2CCCC2=O)cc1)NCCc1ccc(Cl)cc1. The summed E-state index contributed by atoms with van der Waals surface area (Å²) in [6.07, 6.45) is 2.11. The minimum absolute atomic E-state index is 0.0915. The van der Waals surface area contributed by atoms with Crippen LogP contribution in [0.5, 0.6) is 0 Å². The normalized spacial score (nSPS) is 13.5. The molecule has 3 amide bonds. The maximum atomic E-state index is 12.2. The van der Waals surface area contributed by atoms with Gasteiger partial charge < -0.3 is 15.5 Å². The average Bonchev–Trinajstić information content (AvgIpc) is 3.13. The summed E-state index contributed by atoms with van der Waals surface area (Å²) in [6, 6.07) is 14.3. The number of rotatable bonds is 7. The Morgan fingerprint density at radius 1 is 1.00 bits per heavy atom. The lowest BCUT2D eigenvalue weighted by Crippen LogP contribution is -2.37. The molecule has 28 heavy (non-hydrogen) atoms. The van der Waals surface area contributed by atoms with Crippen molar-refractivity contribution in [1.29, 1.82) is 0 Å². The topological polar surface area (TPSA) is 78.5 Å². The van der Waals surface area contributed by atoms with Crippen molar-refractivity contribution in [2.45, 2.75) is 19.3 Å². The maximum Gasteiger partial charge on any atom is 0.251 e. The Bertz CT molecular complexity index is 850. The number of carbonyl (C=O) groups excluding carboxylic acids is 3. The molecule has 0 radical (unpaired) electrons. The summed E-state index contributed by atoms with van der Waals surface area (Å²) in [5.74, 6) is -0.471. The van der Waals surface area contributed by atoms with E-state index in [2.05, 4.69) is 10.6 Å². The van der Waals surface area contributed by atoms with E-state index in [9.17, 15) is 14.4 Å². The van der Waals surface area contributed by atoms with Crippen molar-refractivity contribution in [2.24, 2.45) is 0 Å². The summed E-state index contributed by atoms with van der Waals surface area (Å²) in [5, 5.41) is 6.05. The van der Waals surface area contributed by atoms with Gasteiger partial charge >= 0.3 is 0 Å². The molecule has 1 aliphatic heterocycles. The summed E-state index contributed by atoms with van der Waals surface area (Å²) in [6.45, 7) is 1.10. The van der Waals surface area contributed by atoms with Gasteiger partial charge in [-0.1, -0.05) is 23.7 Å². The van der Waals surface area contributed by atoms with Crippen LogP contribution in [0, 0.1) is 0 Å². The van der Waals surface area contributed by atoms with Gasteiger partial charge in [-0.15, -0.1) is 0 Å². The molecule has 0 bridgehead atoms. The molecule has 1 aliphatic rings. The quantitative estimate of drug-likeness (QED) is 0.751. The lowest BCUT2D eigenvalue weighted by molar-refractivity contribution is -0.120. The van der Waals surface area contributed by atoms with E-state index in [4.69, 9.17) is 11.6 Å². The van der Waals surface area contributed by atoms with Crippen molar-refractivity contribution < 1.29 is 14.4 Å². The van der Waals surface area contributed by atoms with Crippen LogP contribution >= 0.6 is 11.6 Å². The highest BCUT2D eigenvalue weighted by atomic mass is 35.5. The number of nitrogens with one attached hydrogen (secondary N) is 2. The van der Waals surface area contributed by atoms with E-state index in [1.54, 1.807) is 29.2 Å². The summed E-state index contributed by atoms with van der Waals surface area (Å²) in [5.41, 5.74) is 2.31. The van der Waals surface area contributed by atoms with Gasteiger partial charge in [-0.3, -0.25) is 14.4 Å². The third-order valence-electron chi connectivity index (χ3n) is 4.57. The zero-order chi connectivity index (χ0) is 19.9. The molecule has 0 spiro atoms.